The summed E-state index contributed by atoms with van der Waals surface area (Å²) in [4.78, 5) is 13.7. The van der Waals surface area contributed by atoms with E-state index in [-0.39, 0.29) is 23.0 Å². The molecule has 0 aliphatic rings. The maximum absolute atomic E-state index is 13.1. The van der Waals surface area contributed by atoms with Crippen molar-refractivity contribution >= 4 is 43.1 Å². The van der Waals surface area contributed by atoms with Crippen LogP contribution in [-0.2, 0) is 19.4 Å². The number of esters is 1. The van der Waals surface area contributed by atoms with E-state index in [0.717, 1.165) is 6.26 Å². The minimum Gasteiger partial charge on any atom is -0.463 e. The molecule has 0 bridgehead atoms. The Kier molecular flexibility index (Phi) is 8.96. The number of ether oxygens (including phenoxy) is 1. The number of allylic oxidation sites excluding steroid dienone is 1. The van der Waals surface area contributed by atoms with Gasteiger partial charge in [0.1, 0.15) is 18.8 Å². The fourth-order valence-electron chi connectivity index (χ4n) is 2.35. The average Bonchev–Trinajstić information content (AvgIpc) is 3.21. The van der Waals surface area contributed by atoms with Gasteiger partial charge in [-0.2, -0.15) is 13.2 Å². The minimum atomic E-state index is -5.01. The third-order valence-electron chi connectivity index (χ3n) is 4.08. The molecule has 0 saturated carbocycles. The van der Waals surface area contributed by atoms with Crippen LogP contribution in [0.3, 0.4) is 0 Å². The van der Waals surface area contributed by atoms with Crippen LogP contribution >= 0.6 is 15.9 Å². The van der Waals surface area contributed by atoms with Gasteiger partial charge in [0.2, 0.25) is 5.89 Å². The van der Waals surface area contributed by atoms with Gasteiger partial charge in [0.05, 0.1) is 9.38 Å². The SMILES string of the molecule is CN(C)CCOC(=O)CN/C(=C(/Br)C(=N)C(F)(F)F)c1nnc(-c2cccc(S(C)(=O)=O)c2)o1. The normalized spacial score (nSPS) is 12.9. The molecule has 186 valence electrons. The number of carbonyl (C=O) groups excluding carboxylic acids is 1. The van der Waals surface area contributed by atoms with Gasteiger partial charge >= 0.3 is 12.1 Å². The van der Waals surface area contributed by atoms with Crippen LogP contribution in [0.25, 0.3) is 17.2 Å². The number of carbonyl (C=O) groups is 1. The molecule has 0 aliphatic carbocycles. The Morgan fingerprint density at radius 2 is 1.97 bits per heavy atom. The number of halogens is 4. The van der Waals surface area contributed by atoms with Crippen molar-refractivity contribution in [3.63, 3.8) is 0 Å². The summed E-state index contributed by atoms with van der Waals surface area (Å²) in [5.41, 5.74) is -2.02. The van der Waals surface area contributed by atoms with Gasteiger partial charge in [-0.3, -0.25) is 10.2 Å². The molecule has 1 aromatic carbocycles. The second-order valence-electron chi connectivity index (χ2n) is 7.15. The highest BCUT2D eigenvalue weighted by molar-refractivity contribution is 9.12. The lowest BCUT2D eigenvalue weighted by atomic mass is 10.2. The van der Waals surface area contributed by atoms with Crippen molar-refractivity contribution in [3.05, 3.63) is 34.6 Å². The molecule has 10 nitrogen and oxygen atoms in total. The Morgan fingerprint density at radius 1 is 1.29 bits per heavy atom. The van der Waals surface area contributed by atoms with Gasteiger partial charge in [0, 0.05) is 18.4 Å². The number of aromatic nitrogens is 2. The predicted octanol–water partition coefficient (Wildman–Crippen LogP) is 2.48. The summed E-state index contributed by atoms with van der Waals surface area (Å²) in [6, 6.07) is 5.52. The van der Waals surface area contributed by atoms with Crippen molar-refractivity contribution in [1.82, 2.24) is 20.4 Å². The van der Waals surface area contributed by atoms with Crippen LogP contribution in [-0.4, -0.2) is 81.4 Å². The van der Waals surface area contributed by atoms with Crippen molar-refractivity contribution in [2.45, 2.75) is 11.1 Å². The molecule has 1 heterocycles. The van der Waals surface area contributed by atoms with E-state index < -0.39 is 50.3 Å². The summed E-state index contributed by atoms with van der Waals surface area (Å²) in [6.07, 6.45) is -4.00. The highest BCUT2D eigenvalue weighted by Crippen LogP contribution is 2.30. The largest absolute Gasteiger partial charge is 0.463 e. The summed E-state index contributed by atoms with van der Waals surface area (Å²) in [5.74, 6) is -1.42. The molecule has 2 aromatic rings. The van der Waals surface area contributed by atoms with E-state index in [1.54, 1.807) is 19.0 Å². The molecule has 1 aromatic heterocycles. The Hall–Kier alpha value is -2.78. The number of hydrogen-bond acceptors (Lipinski definition) is 10. The van der Waals surface area contributed by atoms with Gasteiger partial charge in [0.15, 0.2) is 15.5 Å². The second kappa shape index (κ2) is 11.1. The Labute approximate surface area is 201 Å². The summed E-state index contributed by atoms with van der Waals surface area (Å²) in [6.45, 7) is -0.0474. The van der Waals surface area contributed by atoms with E-state index >= 15 is 0 Å². The number of nitrogens with zero attached hydrogens (tertiary/aromatic N) is 3. The van der Waals surface area contributed by atoms with Crippen molar-refractivity contribution in [1.29, 1.82) is 5.41 Å². The van der Waals surface area contributed by atoms with Crippen molar-refractivity contribution < 1.29 is 35.5 Å². The third kappa shape index (κ3) is 7.63. The average molecular weight is 568 g/mol. The molecule has 15 heteroatoms. The molecule has 0 fully saturated rings. The number of hydrogen-bond donors (Lipinski definition) is 2. The summed E-state index contributed by atoms with van der Waals surface area (Å²) in [7, 11) is -0.00297. The van der Waals surface area contributed by atoms with Crippen LogP contribution < -0.4 is 5.32 Å². The topological polar surface area (TPSA) is 138 Å². The molecule has 0 spiro atoms. The summed E-state index contributed by atoms with van der Waals surface area (Å²) in [5, 5.41) is 17.3. The molecule has 0 aliphatic heterocycles. The van der Waals surface area contributed by atoms with Crippen molar-refractivity contribution in [2.24, 2.45) is 0 Å². The summed E-state index contributed by atoms with van der Waals surface area (Å²) >= 11 is 2.71. The molecule has 2 rings (SSSR count). The van der Waals surface area contributed by atoms with Crippen LogP contribution in [0.2, 0.25) is 0 Å². The van der Waals surface area contributed by atoms with Crippen LogP contribution in [0, 0.1) is 5.41 Å². The first kappa shape index (κ1) is 27.5. The molecule has 0 saturated heterocycles. The van der Waals surface area contributed by atoms with Gasteiger partial charge < -0.3 is 19.4 Å². The Bertz CT molecular complexity index is 1190. The van der Waals surface area contributed by atoms with Crippen LogP contribution in [0.15, 0.2) is 38.1 Å². The van der Waals surface area contributed by atoms with E-state index in [4.69, 9.17) is 14.6 Å². The lowest BCUT2D eigenvalue weighted by Crippen LogP contribution is -2.29. The highest BCUT2D eigenvalue weighted by Gasteiger charge is 2.38. The zero-order chi connectivity index (χ0) is 25.7. The van der Waals surface area contributed by atoms with E-state index in [9.17, 15) is 26.4 Å². The maximum atomic E-state index is 13.1. The van der Waals surface area contributed by atoms with Gasteiger partial charge in [-0.15, -0.1) is 10.2 Å². The number of sulfone groups is 1. The standard InChI is InChI=1S/C19H21BrF3N5O5S/c1-28(2)7-8-32-13(29)10-25-15(14(20)16(24)19(21,22)23)18-27-26-17(33-18)11-5-4-6-12(9-11)34(3,30)31/h4-6,9,24-25H,7-8,10H2,1-3H3/b15-14+,24-16?. The molecule has 0 atom stereocenters. The monoisotopic (exact) mass is 567 g/mol. The first-order valence-corrected chi connectivity index (χ1v) is 12.1. The lowest BCUT2D eigenvalue weighted by Gasteiger charge is -2.14. The van der Waals surface area contributed by atoms with E-state index in [2.05, 4.69) is 31.4 Å². The molecular weight excluding hydrogens is 547 g/mol. The van der Waals surface area contributed by atoms with Gasteiger partial charge in [-0.05, 0) is 48.2 Å². The molecule has 0 unspecified atom stereocenters. The predicted molar refractivity (Wildman–Crippen MR) is 120 cm³/mol. The fraction of sp³-hybridized carbons (Fsp3) is 0.368. The quantitative estimate of drug-likeness (QED) is 0.327. The highest BCUT2D eigenvalue weighted by atomic mass is 79.9. The molecule has 0 radical (unpaired) electrons. The smallest absolute Gasteiger partial charge is 0.433 e. The Balaban J connectivity index is 2.37. The van der Waals surface area contributed by atoms with Gasteiger partial charge in [-0.25, -0.2) is 8.42 Å². The molecule has 2 N–H and O–H groups in total. The van der Waals surface area contributed by atoms with E-state index in [1.165, 1.54) is 24.3 Å². The van der Waals surface area contributed by atoms with Crippen LogP contribution in [0.1, 0.15) is 5.89 Å². The molecule has 34 heavy (non-hydrogen) atoms. The molecule has 0 amide bonds. The summed E-state index contributed by atoms with van der Waals surface area (Å²) < 4.78 is 72.5. The zero-order valence-corrected chi connectivity index (χ0v) is 20.6. The van der Waals surface area contributed by atoms with Crippen LogP contribution in [0.5, 0.6) is 0 Å². The first-order valence-electron chi connectivity index (χ1n) is 9.44. The van der Waals surface area contributed by atoms with Crippen molar-refractivity contribution in [3.8, 4) is 11.5 Å². The number of alkyl halides is 3. The fourth-order valence-corrected chi connectivity index (χ4v) is 3.55. The third-order valence-corrected chi connectivity index (χ3v) is 5.98. The van der Waals surface area contributed by atoms with Crippen LogP contribution in [0.4, 0.5) is 13.2 Å². The van der Waals surface area contributed by atoms with E-state index in [1.807, 2.05) is 0 Å². The number of benzene rings is 1. The zero-order valence-electron chi connectivity index (χ0n) is 18.2. The minimum absolute atomic E-state index is 0.0286. The number of nitrogens with one attached hydrogen (secondary N) is 2. The maximum Gasteiger partial charge on any atom is 0.433 e. The molecular formula is C19H21BrF3N5O5S. The number of rotatable bonds is 10. The first-order chi connectivity index (χ1) is 15.7. The van der Waals surface area contributed by atoms with Gasteiger partial charge in [0.25, 0.3) is 5.89 Å². The van der Waals surface area contributed by atoms with E-state index in [0.29, 0.717) is 6.54 Å². The van der Waals surface area contributed by atoms with Gasteiger partial charge in [-0.1, -0.05) is 6.07 Å². The van der Waals surface area contributed by atoms with Crippen molar-refractivity contribution in [2.75, 3.05) is 40.0 Å². The number of likely N-dealkylation sites (N-methyl/N-ethyl adjacent to an activating group) is 1. The Morgan fingerprint density at radius 3 is 2.56 bits per heavy atom. The second-order valence-corrected chi connectivity index (χ2v) is 9.96. The lowest BCUT2D eigenvalue weighted by molar-refractivity contribution is -0.142.